The minimum atomic E-state index is -2.82. The molecular weight excluding hydrogens is 340 g/mol. The highest BCUT2D eigenvalue weighted by atomic mass is 32.2. The van der Waals surface area contributed by atoms with Crippen molar-refractivity contribution in [2.24, 2.45) is 5.73 Å². The van der Waals surface area contributed by atoms with Crippen molar-refractivity contribution < 1.29 is 14.1 Å². The number of aliphatic carboxylic acids is 1. The lowest BCUT2D eigenvalue weighted by Crippen LogP contribution is -2.37. The molecule has 1 aromatic heterocycles. The predicted octanol–water partition coefficient (Wildman–Crippen LogP) is 2.22. The zero-order valence-corrected chi connectivity index (χ0v) is 14.8. The van der Waals surface area contributed by atoms with Crippen LogP contribution in [-0.2, 0) is 19.9 Å². The van der Waals surface area contributed by atoms with Gasteiger partial charge in [0.25, 0.3) is 0 Å². The number of benzene rings is 1. The Hall–Kier alpha value is -1.93. The molecule has 1 heterocycles. The Morgan fingerprint density at radius 1 is 1.44 bits per heavy atom. The monoisotopic (exact) mass is 364 g/mol. The number of hydrogen-bond donors (Lipinski definition) is 4. The minimum absolute atomic E-state index is 0.0237. The molecule has 7 nitrogen and oxygen atoms in total. The predicted molar refractivity (Wildman–Crippen MR) is 97.1 cm³/mol. The largest absolute Gasteiger partial charge is 0.480 e. The first-order valence-electron chi connectivity index (χ1n) is 8.48. The van der Waals surface area contributed by atoms with E-state index < -0.39 is 21.7 Å². The highest BCUT2D eigenvalue weighted by Crippen LogP contribution is 2.47. The third kappa shape index (κ3) is 3.85. The van der Waals surface area contributed by atoms with E-state index in [1.54, 1.807) is 6.20 Å². The fraction of sp³-hybridized carbons (Fsp3) is 0.529. The van der Waals surface area contributed by atoms with Crippen LogP contribution in [-0.4, -0.2) is 43.0 Å². The Bertz CT molecular complexity index is 871. The highest BCUT2D eigenvalue weighted by Gasteiger charge is 2.39. The molecule has 0 radical (unpaired) electrons. The number of rotatable bonds is 8. The Morgan fingerprint density at radius 2 is 2.20 bits per heavy atom. The molecule has 1 aromatic carbocycles. The minimum Gasteiger partial charge on any atom is -0.480 e. The Labute approximate surface area is 147 Å². The quantitative estimate of drug-likeness (QED) is 0.570. The maximum atomic E-state index is 12.5. The van der Waals surface area contributed by atoms with Gasteiger partial charge >= 0.3 is 5.97 Å². The number of carboxylic acids is 1. The molecule has 2 atom stereocenters. The molecule has 1 aliphatic rings. The number of carboxylic acid groups (broad SMARTS) is 1. The molecular formula is C17H24N4O3S. The van der Waals surface area contributed by atoms with Crippen molar-refractivity contribution in [1.29, 1.82) is 4.78 Å². The Morgan fingerprint density at radius 3 is 2.84 bits per heavy atom. The SMILES string of the molecule is N=S(=O)(CC[C@H](N)C(=O)O)CCC1(c2ccc3[nH]ncc3c2)CCC1. The first kappa shape index (κ1) is 17.9. The van der Waals surface area contributed by atoms with Crippen molar-refractivity contribution in [3.05, 3.63) is 30.0 Å². The van der Waals surface area contributed by atoms with Gasteiger partial charge in [-0.25, -0.2) is 4.21 Å². The van der Waals surface area contributed by atoms with Gasteiger partial charge in [-0.3, -0.25) is 14.7 Å². The van der Waals surface area contributed by atoms with Crippen LogP contribution in [0.4, 0.5) is 0 Å². The van der Waals surface area contributed by atoms with Crippen molar-refractivity contribution >= 4 is 26.6 Å². The van der Waals surface area contributed by atoms with Crippen LogP contribution < -0.4 is 5.73 Å². The molecule has 2 aromatic rings. The second-order valence-corrected chi connectivity index (χ2v) is 9.45. The summed E-state index contributed by atoms with van der Waals surface area (Å²) in [6, 6.07) is 5.18. The summed E-state index contributed by atoms with van der Waals surface area (Å²) in [5, 5.41) is 16.9. The molecule has 1 fully saturated rings. The summed E-state index contributed by atoms with van der Waals surface area (Å²) in [4.78, 5) is 10.8. The van der Waals surface area contributed by atoms with Crippen LogP contribution in [0.15, 0.2) is 24.4 Å². The maximum absolute atomic E-state index is 12.5. The molecule has 0 saturated heterocycles. The van der Waals surface area contributed by atoms with E-state index in [1.807, 2.05) is 6.07 Å². The number of H-pyrrole nitrogens is 1. The third-order valence-corrected chi connectivity index (χ3v) is 7.11. The van der Waals surface area contributed by atoms with Crippen LogP contribution in [0.1, 0.15) is 37.7 Å². The lowest BCUT2D eigenvalue weighted by Gasteiger charge is -2.43. The second kappa shape index (κ2) is 6.76. The van der Waals surface area contributed by atoms with E-state index >= 15 is 0 Å². The molecule has 8 heteroatoms. The van der Waals surface area contributed by atoms with Gasteiger partial charge < -0.3 is 10.8 Å². The fourth-order valence-electron chi connectivity index (χ4n) is 3.46. The van der Waals surface area contributed by atoms with Gasteiger partial charge in [0.15, 0.2) is 0 Å². The molecule has 0 bridgehead atoms. The van der Waals surface area contributed by atoms with Gasteiger partial charge in [0.1, 0.15) is 6.04 Å². The van der Waals surface area contributed by atoms with E-state index in [4.69, 9.17) is 15.6 Å². The first-order chi connectivity index (χ1) is 11.8. The number of hydrogen-bond acceptors (Lipinski definition) is 5. The molecule has 0 spiro atoms. The molecule has 1 saturated carbocycles. The summed E-state index contributed by atoms with van der Waals surface area (Å²) in [6.07, 6.45) is 5.74. The number of nitrogens with one attached hydrogen (secondary N) is 2. The van der Waals surface area contributed by atoms with Crippen molar-refractivity contribution in [3.8, 4) is 0 Å². The van der Waals surface area contributed by atoms with E-state index in [1.165, 1.54) is 5.56 Å². The number of aromatic nitrogens is 2. The van der Waals surface area contributed by atoms with Gasteiger partial charge in [-0.05, 0) is 48.8 Å². The van der Waals surface area contributed by atoms with Gasteiger partial charge in [-0.15, -0.1) is 0 Å². The number of aromatic amines is 1. The van der Waals surface area contributed by atoms with Crippen LogP contribution in [0.3, 0.4) is 0 Å². The topological polar surface area (TPSA) is 133 Å². The van der Waals surface area contributed by atoms with E-state index in [0.717, 1.165) is 30.2 Å². The van der Waals surface area contributed by atoms with Gasteiger partial charge in [0.2, 0.25) is 0 Å². The Kier molecular flexibility index (Phi) is 4.83. The molecule has 5 N–H and O–H groups in total. The van der Waals surface area contributed by atoms with Gasteiger partial charge in [0.05, 0.1) is 11.7 Å². The standard InChI is InChI=1S/C17H24N4O3S/c18-14(16(22)23)4-8-25(19,24)9-7-17(5-1-6-17)13-2-3-15-12(10-13)11-20-21-15/h2-3,10-11,14,19H,1,4-9,18H2,(H,20,21)(H,22,23)/t14-,25?/m0/s1. The second-order valence-electron chi connectivity index (χ2n) is 7.01. The molecule has 136 valence electrons. The molecule has 25 heavy (non-hydrogen) atoms. The van der Waals surface area contributed by atoms with Crippen molar-refractivity contribution in [2.75, 3.05) is 11.5 Å². The smallest absolute Gasteiger partial charge is 0.320 e. The van der Waals surface area contributed by atoms with Gasteiger partial charge in [0, 0.05) is 26.6 Å². The average molecular weight is 364 g/mol. The van der Waals surface area contributed by atoms with Crippen molar-refractivity contribution in [1.82, 2.24) is 10.2 Å². The van der Waals surface area contributed by atoms with E-state index in [-0.39, 0.29) is 23.3 Å². The number of carbonyl (C=O) groups is 1. The molecule has 0 amide bonds. The summed E-state index contributed by atoms with van der Waals surface area (Å²) in [7, 11) is -2.82. The lowest BCUT2D eigenvalue weighted by atomic mass is 9.63. The fourth-order valence-corrected chi connectivity index (χ4v) is 5.02. The summed E-state index contributed by atoms with van der Waals surface area (Å²) in [5.74, 6) is -0.792. The van der Waals surface area contributed by atoms with Gasteiger partial charge in [-0.2, -0.15) is 5.10 Å². The zero-order chi connectivity index (χ0) is 18.1. The summed E-state index contributed by atoms with van der Waals surface area (Å²) >= 11 is 0. The highest BCUT2D eigenvalue weighted by molar-refractivity contribution is 7.92. The molecule has 3 rings (SSSR count). The number of nitrogens with two attached hydrogens (primary N) is 1. The molecule has 0 aliphatic heterocycles. The van der Waals surface area contributed by atoms with Crippen molar-refractivity contribution in [2.45, 2.75) is 43.6 Å². The summed E-state index contributed by atoms with van der Waals surface area (Å²) < 4.78 is 20.6. The third-order valence-electron chi connectivity index (χ3n) is 5.35. The van der Waals surface area contributed by atoms with E-state index in [2.05, 4.69) is 22.3 Å². The Balaban J connectivity index is 1.68. The van der Waals surface area contributed by atoms with Gasteiger partial charge in [-0.1, -0.05) is 12.5 Å². The van der Waals surface area contributed by atoms with Crippen LogP contribution in [0, 0.1) is 4.78 Å². The molecule has 1 unspecified atom stereocenters. The van der Waals surface area contributed by atoms with Crippen LogP contribution in [0.25, 0.3) is 10.9 Å². The van der Waals surface area contributed by atoms with Crippen LogP contribution >= 0.6 is 0 Å². The summed E-state index contributed by atoms with van der Waals surface area (Å²) in [6.45, 7) is 0. The van der Waals surface area contributed by atoms with Crippen LogP contribution in [0.5, 0.6) is 0 Å². The lowest BCUT2D eigenvalue weighted by molar-refractivity contribution is -0.138. The van der Waals surface area contributed by atoms with E-state index in [0.29, 0.717) is 6.42 Å². The maximum Gasteiger partial charge on any atom is 0.320 e. The number of fused-ring (bicyclic) bond motifs is 1. The van der Waals surface area contributed by atoms with Crippen molar-refractivity contribution in [3.63, 3.8) is 0 Å². The zero-order valence-electron chi connectivity index (χ0n) is 14.0. The average Bonchev–Trinajstić information content (AvgIpc) is 2.99. The van der Waals surface area contributed by atoms with Crippen LogP contribution in [0.2, 0.25) is 0 Å². The van der Waals surface area contributed by atoms with E-state index in [9.17, 15) is 9.00 Å². The molecule has 1 aliphatic carbocycles. The summed E-state index contributed by atoms with van der Waals surface area (Å²) in [5.41, 5.74) is 7.64. The number of nitrogens with zero attached hydrogens (tertiary/aromatic N) is 1. The first-order valence-corrected chi connectivity index (χ1v) is 10.4. The normalized spacial score (nSPS) is 19.9.